The molecule has 34 heavy (non-hydrogen) atoms. The van der Waals surface area contributed by atoms with Crippen molar-refractivity contribution in [3.63, 3.8) is 0 Å². The molecule has 174 valence electrons. The lowest BCUT2D eigenvalue weighted by Crippen LogP contribution is -2.21. The molecule has 1 aliphatic heterocycles. The topological polar surface area (TPSA) is 95.2 Å². The van der Waals surface area contributed by atoms with Gasteiger partial charge in [0.2, 0.25) is 11.9 Å². The highest BCUT2D eigenvalue weighted by Gasteiger charge is 2.17. The summed E-state index contributed by atoms with van der Waals surface area (Å²) in [6, 6.07) is 13.7. The van der Waals surface area contributed by atoms with E-state index in [1.54, 1.807) is 7.11 Å². The second-order valence-corrected chi connectivity index (χ2v) is 8.57. The molecule has 8 heteroatoms. The Morgan fingerprint density at radius 3 is 2.65 bits per heavy atom. The van der Waals surface area contributed by atoms with Crippen molar-refractivity contribution >= 4 is 40.0 Å². The number of carbonyl (C=O) groups is 1. The van der Waals surface area contributed by atoms with E-state index < -0.39 is 0 Å². The molecule has 0 atom stereocenters. The molecule has 0 unspecified atom stereocenters. The summed E-state index contributed by atoms with van der Waals surface area (Å²) in [5.74, 6) is 2.16. The van der Waals surface area contributed by atoms with Crippen molar-refractivity contribution in [1.82, 2.24) is 15.0 Å². The molecular formula is C26H28N6O2. The minimum atomic E-state index is -0.124. The molecule has 0 bridgehead atoms. The number of anilines is 4. The van der Waals surface area contributed by atoms with E-state index in [2.05, 4.69) is 25.5 Å². The minimum absolute atomic E-state index is 0.124. The minimum Gasteiger partial charge on any atom is -0.497 e. The van der Waals surface area contributed by atoms with E-state index in [4.69, 9.17) is 9.72 Å². The molecule has 1 amide bonds. The average Bonchev–Trinajstić information content (AvgIpc) is 3.49. The van der Waals surface area contributed by atoms with E-state index in [1.165, 1.54) is 19.8 Å². The molecule has 8 nitrogen and oxygen atoms in total. The monoisotopic (exact) mass is 456 g/mol. The van der Waals surface area contributed by atoms with Crippen molar-refractivity contribution in [2.24, 2.45) is 0 Å². The Kier molecular flexibility index (Phi) is 5.79. The fourth-order valence-electron chi connectivity index (χ4n) is 4.42. The number of carbonyl (C=O) groups excluding carboxylic acids is 1. The van der Waals surface area contributed by atoms with Crippen molar-refractivity contribution < 1.29 is 9.53 Å². The van der Waals surface area contributed by atoms with Gasteiger partial charge in [0.05, 0.1) is 7.11 Å². The molecule has 3 N–H and O–H groups in total. The lowest BCUT2D eigenvalue weighted by atomic mass is 10.0. The number of hydrogen-bond donors (Lipinski definition) is 3. The van der Waals surface area contributed by atoms with Crippen LogP contribution in [0.1, 0.15) is 25.5 Å². The fourth-order valence-corrected chi connectivity index (χ4v) is 4.42. The fraction of sp³-hybridized carbons (Fsp3) is 0.269. The zero-order valence-electron chi connectivity index (χ0n) is 19.6. The number of ether oxygens (including phenoxy) is 1. The lowest BCUT2D eigenvalue weighted by molar-refractivity contribution is -0.114. The summed E-state index contributed by atoms with van der Waals surface area (Å²) in [6.45, 7) is 5.47. The van der Waals surface area contributed by atoms with Crippen LogP contribution in [0.4, 0.5) is 23.1 Å². The van der Waals surface area contributed by atoms with Crippen LogP contribution in [0.3, 0.4) is 0 Å². The number of aromatic nitrogens is 3. The maximum atomic E-state index is 11.9. The first kappa shape index (κ1) is 21.8. The first-order valence-corrected chi connectivity index (χ1v) is 11.4. The highest BCUT2D eigenvalue weighted by molar-refractivity contribution is 6.03. The van der Waals surface area contributed by atoms with Crippen LogP contribution in [0.5, 0.6) is 5.75 Å². The van der Waals surface area contributed by atoms with E-state index in [0.29, 0.717) is 0 Å². The number of H-pyrrole nitrogens is 1. The maximum Gasteiger partial charge on any atom is 0.227 e. The van der Waals surface area contributed by atoms with Crippen LogP contribution in [0.15, 0.2) is 48.7 Å². The molecule has 2 aromatic carbocycles. The molecule has 5 rings (SSSR count). The van der Waals surface area contributed by atoms with Gasteiger partial charge < -0.3 is 25.3 Å². The number of hydrogen-bond acceptors (Lipinski definition) is 6. The zero-order valence-corrected chi connectivity index (χ0v) is 19.6. The number of rotatable bonds is 6. The van der Waals surface area contributed by atoms with E-state index in [0.717, 1.165) is 69.7 Å². The second-order valence-electron chi connectivity index (χ2n) is 8.57. The van der Waals surface area contributed by atoms with Gasteiger partial charge in [0.15, 0.2) is 0 Å². The SMILES string of the molecule is COc1ccc2[nH]cc(-c3cc(Nc4cc(C)nc(N5CCCC5)n4)ccc3NC(C)=O)c2c1. The quantitative estimate of drug-likeness (QED) is 0.367. The summed E-state index contributed by atoms with van der Waals surface area (Å²) >= 11 is 0. The molecule has 0 aliphatic carbocycles. The smallest absolute Gasteiger partial charge is 0.227 e. The molecule has 0 saturated carbocycles. The number of nitrogens with one attached hydrogen (secondary N) is 3. The molecule has 3 heterocycles. The van der Waals surface area contributed by atoms with E-state index in [1.807, 2.05) is 55.6 Å². The van der Waals surface area contributed by atoms with E-state index >= 15 is 0 Å². The normalized spacial score (nSPS) is 13.3. The maximum absolute atomic E-state index is 11.9. The number of methoxy groups -OCH3 is 1. The van der Waals surface area contributed by atoms with Crippen LogP contribution >= 0.6 is 0 Å². The van der Waals surface area contributed by atoms with Crippen LogP contribution in [-0.4, -0.2) is 41.1 Å². The number of aromatic amines is 1. The van der Waals surface area contributed by atoms with Gasteiger partial charge >= 0.3 is 0 Å². The summed E-state index contributed by atoms with van der Waals surface area (Å²) in [6.07, 6.45) is 4.29. The molecular weight excluding hydrogens is 428 g/mol. The third kappa shape index (κ3) is 4.39. The van der Waals surface area contributed by atoms with E-state index in [-0.39, 0.29) is 5.91 Å². The van der Waals surface area contributed by atoms with Gasteiger partial charge in [-0.1, -0.05) is 0 Å². The Morgan fingerprint density at radius 2 is 1.88 bits per heavy atom. The molecule has 0 radical (unpaired) electrons. The van der Waals surface area contributed by atoms with Crippen LogP contribution in [0.25, 0.3) is 22.0 Å². The molecule has 1 aliphatic rings. The Hall–Kier alpha value is -4.07. The lowest BCUT2D eigenvalue weighted by Gasteiger charge is -2.17. The van der Waals surface area contributed by atoms with Crippen molar-refractivity contribution in [3.05, 3.63) is 54.4 Å². The largest absolute Gasteiger partial charge is 0.497 e. The van der Waals surface area contributed by atoms with Crippen molar-refractivity contribution in [1.29, 1.82) is 0 Å². The van der Waals surface area contributed by atoms with Gasteiger partial charge in [-0.3, -0.25) is 4.79 Å². The third-order valence-electron chi connectivity index (χ3n) is 6.01. The summed E-state index contributed by atoms with van der Waals surface area (Å²) in [4.78, 5) is 26.8. The van der Waals surface area contributed by atoms with Crippen molar-refractivity contribution in [2.75, 3.05) is 35.7 Å². The molecule has 0 spiro atoms. The summed E-state index contributed by atoms with van der Waals surface area (Å²) < 4.78 is 5.43. The molecule has 2 aromatic heterocycles. The van der Waals surface area contributed by atoms with Gasteiger partial charge in [-0.15, -0.1) is 0 Å². The van der Waals surface area contributed by atoms with Gasteiger partial charge in [0.25, 0.3) is 0 Å². The van der Waals surface area contributed by atoms with Gasteiger partial charge in [0, 0.05) is 71.4 Å². The highest BCUT2D eigenvalue weighted by Crippen LogP contribution is 2.37. The number of fused-ring (bicyclic) bond motifs is 1. The second kappa shape index (κ2) is 9.05. The van der Waals surface area contributed by atoms with Crippen LogP contribution in [0.2, 0.25) is 0 Å². The summed E-state index contributed by atoms with van der Waals surface area (Å²) in [5.41, 5.74) is 5.37. The third-order valence-corrected chi connectivity index (χ3v) is 6.01. The first-order valence-electron chi connectivity index (χ1n) is 11.4. The summed E-state index contributed by atoms with van der Waals surface area (Å²) in [5, 5.41) is 7.41. The van der Waals surface area contributed by atoms with Gasteiger partial charge in [0.1, 0.15) is 11.6 Å². The number of aryl methyl sites for hydroxylation is 1. The predicted molar refractivity (Wildman–Crippen MR) is 136 cm³/mol. The first-order chi connectivity index (χ1) is 16.5. The Bertz CT molecular complexity index is 1360. The predicted octanol–water partition coefficient (Wildman–Crippen LogP) is 5.24. The standard InChI is InChI=1S/C26H28N6O2/c1-16-12-25(31-26(28-16)32-10-4-5-11-32)30-18-6-8-24(29-17(2)33)20(13-18)22-15-27-23-9-7-19(34-3)14-21(22)23/h6-9,12-15,27H,4-5,10-11H2,1-3H3,(H,29,33)(H,28,30,31). The van der Waals surface area contributed by atoms with Gasteiger partial charge in [-0.05, 0) is 56.2 Å². The van der Waals surface area contributed by atoms with Crippen LogP contribution in [-0.2, 0) is 4.79 Å². The Morgan fingerprint density at radius 1 is 1.06 bits per heavy atom. The number of nitrogens with zero attached hydrogens (tertiary/aromatic N) is 3. The highest BCUT2D eigenvalue weighted by atomic mass is 16.5. The van der Waals surface area contributed by atoms with Crippen molar-refractivity contribution in [2.45, 2.75) is 26.7 Å². The van der Waals surface area contributed by atoms with Gasteiger partial charge in [-0.2, -0.15) is 4.98 Å². The average molecular weight is 457 g/mol. The van der Waals surface area contributed by atoms with Crippen molar-refractivity contribution in [3.8, 4) is 16.9 Å². The summed E-state index contributed by atoms with van der Waals surface area (Å²) in [7, 11) is 1.65. The zero-order chi connectivity index (χ0) is 23.7. The number of benzene rings is 2. The molecule has 1 saturated heterocycles. The Balaban J connectivity index is 1.55. The van der Waals surface area contributed by atoms with E-state index in [9.17, 15) is 4.79 Å². The van der Waals surface area contributed by atoms with Crippen LogP contribution in [0, 0.1) is 6.92 Å². The van der Waals surface area contributed by atoms with Gasteiger partial charge in [-0.25, -0.2) is 4.98 Å². The van der Waals surface area contributed by atoms with Crippen LogP contribution < -0.4 is 20.3 Å². The molecule has 1 fully saturated rings. The number of amides is 1. The Labute approximate surface area is 198 Å². The molecule has 4 aromatic rings.